The van der Waals surface area contributed by atoms with Crippen molar-refractivity contribution in [3.63, 3.8) is 0 Å². The molecule has 0 fully saturated rings. The van der Waals surface area contributed by atoms with Crippen LogP contribution in [-0.4, -0.2) is 77.4 Å². The summed E-state index contributed by atoms with van der Waals surface area (Å²) in [4.78, 5) is 54.5. The van der Waals surface area contributed by atoms with E-state index in [1.165, 1.54) is 24.3 Å². The number of allylic oxidation sites excluding steroid dienone is 4. The predicted octanol–water partition coefficient (Wildman–Crippen LogP) is 0.238. The second-order valence-corrected chi connectivity index (χ2v) is 11.8. The fourth-order valence-corrected chi connectivity index (χ4v) is 3.62. The second kappa shape index (κ2) is 12.0. The summed E-state index contributed by atoms with van der Waals surface area (Å²) < 4.78 is 0. The molecule has 0 bridgehead atoms. The minimum Gasteiger partial charge on any atom is -0.394 e. The molecule has 8 nitrogen and oxygen atoms in total. The third-order valence-electron chi connectivity index (χ3n) is 2.11. The summed E-state index contributed by atoms with van der Waals surface area (Å²) in [6.45, 7) is 12.9. The summed E-state index contributed by atoms with van der Waals surface area (Å²) in [5.41, 5.74) is 0. The largest absolute Gasteiger partial charge is 0.394 e. The van der Waals surface area contributed by atoms with E-state index in [-0.39, 0.29) is 37.9 Å². The van der Waals surface area contributed by atoms with Gasteiger partial charge >= 0.3 is 119 Å². The van der Waals surface area contributed by atoms with Crippen LogP contribution in [0.5, 0.6) is 0 Å². The van der Waals surface area contributed by atoms with Gasteiger partial charge in [0.2, 0.25) is 0 Å². The van der Waals surface area contributed by atoms with E-state index in [0.29, 0.717) is 0 Å². The summed E-state index contributed by atoms with van der Waals surface area (Å²) in [7, 11) is -8.79. The Morgan fingerprint density at radius 2 is 0.667 bits per heavy atom. The zero-order chi connectivity index (χ0) is 20.0. The van der Waals surface area contributed by atoms with Gasteiger partial charge in [-0.25, -0.2) is 0 Å². The number of hydrogen-bond donors (Lipinski definition) is 8. The van der Waals surface area contributed by atoms with Crippen LogP contribution < -0.4 is 0 Å². The molecule has 0 amide bonds. The first kappa shape index (κ1) is 28.3. The Kier molecular flexibility index (Phi) is 14.1. The molecule has 10 heteroatoms. The topological polar surface area (TPSA) is 162 Å². The molecule has 146 valence electrons. The molecule has 0 unspecified atom stereocenters. The van der Waals surface area contributed by atoms with Crippen LogP contribution in [0.1, 0.15) is 0 Å². The van der Waals surface area contributed by atoms with Crippen molar-refractivity contribution in [3.05, 3.63) is 50.6 Å². The number of hydrogen-bond acceptors (Lipinski definition) is 8. The molecule has 0 heterocycles. The molecule has 0 saturated carbocycles. The SMILES string of the molecule is C=CCP(O)(O)(O)CC=C.C=CCP(O)(O)(O)CC=C.OCCO. The van der Waals surface area contributed by atoms with Crippen molar-refractivity contribution in [2.45, 2.75) is 0 Å². The molecular weight excluding hydrogens is 358 g/mol. The van der Waals surface area contributed by atoms with Gasteiger partial charge in [0.1, 0.15) is 0 Å². The molecule has 0 aliphatic rings. The molecule has 0 aromatic heterocycles. The van der Waals surface area contributed by atoms with Gasteiger partial charge in [0.05, 0.1) is 13.2 Å². The smallest absolute Gasteiger partial charge is 0.0662 e. The quantitative estimate of drug-likeness (QED) is 0.205. The van der Waals surface area contributed by atoms with Crippen molar-refractivity contribution >= 4 is 14.6 Å². The van der Waals surface area contributed by atoms with Crippen molar-refractivity contribution in [3.8, 4) is 0 Å². The maximum Gasteiger partial charge on any atom is 0.0662 e. The van der Waals surface area contributed by atoms with Gasteiger partial charge in [-0.15, -0.1) is 0 Å². The summed E-state index contributed by atoms with van der Waals surface area (Å²) in [6, 6.07) is 0. The van der Waals surface area contributed by atoms with Gasteiger partial charge in [0, 0.05) is 0 Å². The molecular formula is C14H32O8P2. The van der Waals surface area contributed by atoms with E-state index in [4.69, 9.17) is 39.6 Å². The van der Waals surface area contributed by atoms with Crippen molar-refractivity contribution in [2.24, 2.45) is 0 Å². The Hall–Kier alpha value is -0.500. The monoisotopic (exact) mass is 390 g/mol. The van der Waals surface area contributed by atoms with Gasteiger partial charge in [-0.2, -0.15) is 0 Å². The molecule has 0 spiro atoms. The van der Waals surface area contributed by atoms with Crippen molar-refractivity contribution in [1.29, 1.82) is 0 Å². The van der Waals surface area contributed by atoms with Crippen LogP contribution >= 0.6 is 14.6 Å². The molecule has 0 saturated heterocycles. The first-order valence-electron chi connectivity index (χ1n) is 6.86. The Labute approximate surface area is 143 Å². The molecule has 0 atom stereocenters. The zero-order valence-electron chi connectivity index (χ0n) is 13.9. The Balaban J connectivity index is -0.000000301. The van der Waals surface area contributed by atoms with E-state index in [2.05, 4.69) is 26.3 Å². The molecule has 0 aromatic carbocycles. The standard InChI is InChI=1S/2C6H13O3P.C2H6O2/c2*1-3-5-10(7,8,9)6-4-2;3-1-2-4/h2*3-4,7-9H,1-2,5-6H2;3-4H,1-2H2. The number of rotatable bonds is 9. The normalized spacial score (nSPS) is 14.0. The fraction of sp³-hybridized carbons (Fsp3) is 0.429. The molecule has 0 aliphatic carbocycles. The van der Waals surface area contributed by atoms with E-state index in [1.54, 1.807) is 0 Å². The molecule has 0 radical (unpaired) electrons. The number of aliphatic hydroxyl groups excluding tert-OH is 2. The van der Waals surface area contributed by atoms with Crippen LogP contribution in [0, 0.1) is 0 Å². The third-order valence-corrected chi connectivity index (χ3v) is 6.14. The van der Waals surface area contributed by atoms with Gasteiger partial charge < -0.3 is 10.2 Å². The minimum absolute atomic E-state index is 0.125. The van der Waals surface area contributed by atoms with E-state index in [9.17, 15) is 0 Å². The van der Waals surface area contributed by atoms with E-state index in [1.807, 2.05) is 0 Å². The maximum absolute atomic E-state index is 9.08. The van der Waals surface area contributed by atoms with Crippen molar-refractivity contribution in [2.75, 3.05) is 37.9 Å². The van der Waals surface area contributed by atoms with E-state index >= 15 is 0 Å². The molecule has 0 aliphatic heterocycles. The van der Waals surface area contributed by atoms with Gasteiger partial charge in [0.15, 0.2) is 0 Å². The predicted molar refractivity (Wildman–Crippen MR) is 102 cm³/mol. The average Bonchev–Trinajstić information content (AvgIpc) is 2.37. The third kappa shape index (κ3) is 21.5. The molecule has 0 aromatic rings. The zero-order valence-corrected chi connectivity index (χ0v) is 15.6. The summed E-state index contributed by atoms with van der Waals surface area (Å²) in [5, 5.41) is 15.2. The summed E-state index contributed by atoms with van der Waals surface area (Å²) >= 11 is 0. The molecule has 0 rings (SSSR count). The molecule has 24 heavy (non-hydrogen) atoms. The Morgan fingerprint density at radius 3 is 0.750 bits per heavy atom. The number of aliphatic hydroxyl groups is 2. The van der Waals surface area contributed by atoms with Crippen LogP contribution in [0.2, 0.25) is 0 Å². The second-order valence-electron chi connectivity index (χ2n) is 5.01. The van der Waals surface area contributed by atoms with Crippen LogP contribution in [0.4, 0.5) is 0 Å². The van der Waals surface area contributed by atoms with E-state index < -0.39 is 14.6 Å². The van der Waals surface area contributed by atoms with Gasteiger partial charge in [0.25, 0.3) is 0 Å². The van der Waals surface area contributed by atoms with Gasteiger partial charge in [-0.3, -0.25) is 0 Å². The van der Waals surface area contributed by atoms with E-state index in [0.717, 1.165) is 0 Å². The average molecular weight is 390 g/mol. The van der Waals surface area contributed by atoms with Gasteiger partial charge in [-0.05, 0) is 0 Å². The van der Waals surface area contributed by atoms with Crippen LogP contribution in [0.15, 0.2) is 50.6 Å². The molecule has 8 N–H and O–H groups in total. The van der Waals surface area contributed by atoms with Crippen molar-refractivity contribution < 1.29 is 39.6 Å². The Bertz CT molecular complexity index is 327. The van der Waals surface area contributed by atoms with Crippen LogP contribution in [0.25, 0.3) is 0 Å². The summed E-state index contributed by atoms with van der Waals surface area (Å²) in [6.07, 6.45) is 4.44. The van der Waals surface area contributed by atoms with Crippen LogP contribution in [-0.2, 0) is 0 Å². The summed E-state index contributed by atoms with van der Waals surface area (Å²) in [5.74, 6) is 0. The fourth-order valence-electron chi connectivity index (χ4n) is 1.21. The Morgan fingerprint density at radius 1 is 0.500 bits per heavy atom. The van der Waals surface area contributed by atoms with Crippen LogP contribution in [0.3, 0.4) is 0 Å². The van der Waals surface area contributed by atoms with Crippen molar-refractivity contribution in [1.82, 2.24) is 0 Å². The van der Waals surface area contributed by atoms with Gasteiger partial charge in [-0.1, -0.05) is 0 Å². The minimum atomic E-state index is -4.40. The first-order valence-corrected chi connectivity index (χ1v) is 11.8. The first-order chi connectivity index (χ1) is 10.7. The maximum atomic E-state index is 9.08.